The maximum Gasteiger partial charge on any atom is 0.407 e. The standard InChI is InChI=1S/C16H23N3O2/c1-17-13-6-5-12-3-2-4-15(14(12)11-13)18-7-9-19(10-8-18)16(20)21/h2-4,13,17H,5-11H2,1H3,(H,20,21). The van der Waals surface area contributed by atoms with E-state index in [4.69, 9.17) is 5.11 Å². The smallest absolute Gasteiger partial charge is 0.407 e. The van der Waals surface area contributed by atoms with Gasteiger partial charge in [0.2, 0.25) is 0 Å². The number of rotatable bonds is 2. The summed E-state index contributed by atoms with van der Waals surface area (Å²) >= 11 is 0. The lowest BCUT2D eigenvalue weighted by molar-refractivity contribution is 0.142. The number of likely N-dealkylation sites (N-methyl/N-ethyl adjacent to an activating group) is 1. The van der Waals surface area contributed by atoms with Gasteiger partial charge >= 0.3 is 6.09 Å². The zero-order valence-corrected chi connectivity index (χ0v) is 12.5. The second-order valence-electron chi connectivity index (χ2n) is 5.90. The first-order chi connectivity index (χ1) is 10.2. The van der Waals surface area contributed by atoms with E-state index in [1.807, 2.05) is 7.05 Å². The van der Waals surface area contributed by atoms with E-state index in [9.17, 15) is 4.79 Å². The van der Waals surface area contributed by atoms with E-state index in [0.717, 1.165) is 25.9 Å². The summed E-state index contributed by atoms with van der Waals surface area (Å²) in [4.78, 5) is 14.9. The van der Waals surface area contributed by atoms with Crippen molar-refractivity contribution >= 4 is 11.8 Å². The summed E-state index contributed by atoms with van der Waals surface area (Å²) in [6, 6.07) is 7.11. The molecule has 0 saturated carbocycles. The molecule has 114 valence electrons. The van der Waals surface area contributed by atoms with Crippen molar-refractivity contribution in [1.29, 1.82) is 0 Å². The molecule has 2 N–H and O–H groups in total. The van der Waals surface area contributed by atoms with Crippen LogP contribution >= 0.6 is 0 Å². The minimum atomic E-state index is -0.806. The maximum absolute atomic E-state index is 11.0. The summed E-state index contributed by atoms with van der Waals surface area (Å²) in [5.74, 6) is 0. The minimum absolute atomic E-state index is 0.555. The fourth-order valence-electron chi connectivity index (χ4n) is 3.45. The summed E-state index contributed by atoms with van der Waals surface area (Å²) in [6.45, 7) is 2.75. The molecule has 3 rings (SSSR count). The first kappa shape index (κ1) is 14.2. The average Bonchev–Trinajstić information content (AvgIpc) is 2.54. The van der Waals surface area contributed by atoms with E-state index in [0.29, 0.717) is 19.1 Å². The van der Waals surface area contributed by atoms with Gasteiger partial charge in [0.05, 0.1) is 0 Å². The van der Waals surface area contributed by atoms with Crippen LogP contribution in [0.2, 0.25) is 0 Å². The third-order valence-corrected chi connectivity index (χ3v) is 4.76. The Bertz CT molecular complexity index is 524. The van der Waals surface area contributed by atoms with Crippen molar-refractivity contribution in [2.45, 2.75) is 25.3 Å². The lowest BCUT2D eigenvalue weighted by atomic mass is 9.87. The number of carboxylic acid groups (broad SMARTS) is 1. The Labute approximate surface area is 125 Å². The average molecular weight is 289 g/mol. The van der Waals surface area contributed by atoms with Crippen molar-refractivity contribution in [3.63, 3.8) is 0 Å². The second kappa shape index (κ2) is 5.93. The number of benzene rings is 1. The molecule has 0 aromatic heterocycles. The number of amides is 1. The van der Waals surface area contributed by atoms with Gasteiger partial charge in [-0.2, -0.15) is 0 Å². The van der Waals surface area contributed by atoms with E-state index >= 15 is 0 Å². The number of anilines is 1. The zero-order valence-electron chi connectivity index (χ0n) is 12.5. The molecule has 21 heavy (non-hydrogen) atoms. The summed E-state index contributed by atoms with van der Waals surface area (Å²) in [5, 5.41) is 12.4. The first-order valence-electron chi connectivity index (χ1n) is 7.70. The van der Waals surface area contributed by atoms with Gasteiger partial charge in [0.1, 0.15) is 0 Å². The number of carbonyl (C=O) groups is 1. The van der Waals surface area contributed by atoms with Crippen LogP contribution in [0.25, 0.3) is 0 Å². The molecule has 0 radical (unpaired) electrons. The van der Waals surface area contributed by atoms with Gasteiger partial charge in [-0.1, -0.05) is 12.1 Å². The molecule has 1 fully saturated rings. The van der Waals surface area contributed by atoms with Crippen molar-refractivity contribution in [3.05, 3.63) is 29.3 Å². The van der Waals surface area contributed by atoms with Gasteiger partial charge in [-0.15, -0.1) is 0 Å². The first-order valence-corrected chi connectivity index (χ1v) is 7.70. The number of hydrogen-bond donors (Lipinski definition) is 2. The van der Waals surface area contributed by atoms with Crippen LogP contribution in [0.3, 0.4) is 0 Å². The molecule has 2 aliphatic rings. The number of aryl methyl sites for hydroxylation is 1. The highest BCUT2D eigenvalue weighted by Crippen LogP contribution is 2.31. The molecule has 1 unspecified atom stereocenters. The molecule has 1 aliphatic carbocycles. The molecular formula is C16H23N3O2. The Morgan fingerprint density at radius 1 is 1.29 bits per heavy atom. The molecule has 1 saturated heterocycles. The molecule has 0 bridgehead atoms. The van der Waals surface area contributed by atoms with Crippen LogP contribution in [-0.2, 0) is 12.8 Å². The summed E-state index contributed by atoms with van der Waals surface area (Å²) < 4.78 is 0. The van der Waals surface area contributed by atoms with Crippen LogP contribution in [0.5, 0.6) is 0 Å². The summed E-state index contributed by atoms with van der Waals surface area (Å²) in [6.07, 6.45) is 2.59. The Morgan fingerprint density at radius 3 is 2.71 bits per heavy atom. The lowest BCUT2D eigenvalue weighted by Crippen LogP contribution is -2.48. The van der Waals surface area contributed by atoms with Crippen LogP contribution in [0.15, 0.2) is 18.2 Å². The number of nitrogens with one attached hydrogen (secondary N) is 1. The van der Waals surface area contributed by atoms with Crippen LogP contribution < -0.4 is 10.2 Å². The monoisotopic (exact) mass is 289 g/mol. The fourth-order valence-corrected chi connectivity index (χ4v) is 3.45. The van der Waals surface area contributed by atoms with Crippen LogP contribution in [0.1, 0.15) is 17.5 Å². The molecule has 1 heterocycles. The van der Waals surface area contributed by atoms with E-state index in [1.165, 1.54) is 28.1 Å². The van der Waals surface area contributed by atoms with E-state index in [1.54, 1.807) is 0 Å². The van der Waals surface area contributed by atoms with Gasteiger partial charge in [0.25, 0.3) is 0 Å². The summed E-state index contributed by atoms with van der Waals surface area (Å²) in [7, 11) is 2.03. The second-order valence-corrected chi connectivity index (χ2v) is 5.90. The molecule has 5 nitrogen and oxygen atoms in total. The van der Waals surface area contributed by atoms with Crippen molar-refractivity contribution in [3.8, 4) is 0 Å². The van der Waals surface area contributed by atoms with Gasteiger partial charge in [0, 0.05) is 37.9 Å². The normalized spacial score (nSPS) is 22.0. The van der Waals surface area contributed by atoms with Crippen molar-refractivity contribution < 1.29 is 9.90 Å². The van der Waals surface area contributed by atoms with Crippen molar-refractivity contribution in [1.82, 2.24) is 10.2 Å². The van der Waals surface area contributed by atoms with E-state index in [2.05, 4.69) is 28.4 Å². The third kappa shape index (κ3) is 2.83. The highest BCUT2D eigenvalue weighted by Gasteiger charge is 2.25. The molecule has 5 heteroatoms. The molecule has 1 atom stereocenters. The highest BCUT2D eigenvalue weighted by molar-refractivity contribution is 5.66. The minimum Gasteiger partial charge on any atom is -0.465 e. The highest BCUT2D eigenvalue weighted by atomic mass is 16.4. The van der Waals surface area contributed by atoms with Gasteiger partial charge in [-0.05, 0) is 43.5 Å². The van der Waals surface area contributed by atoms with Gasteiger partial charge < -0.3 is 20.2 Å². The molecule has 1 amide bonds. The quantitative estimate of drug-likeness (QED) is 0.867. The maximum atomic E-state index is 11.0. The number of piperazine rings is 1. The number of fused-ring (bicyclic) bond motifs is 1. The van der Waals surface area contributed by atoms with E-state index < -0.39 is 6.09 Å². The number of hydrogen-bond acceptors (Lipinski definition) is 3. The zero-order chi connectivity index (χ0) is 14.8. The van der Waals surface area contributed by atoms with Crippen LogP contribution in [0.4, 0.5) is 10.5 Å². The Balaban J connectivity index is 1.79. The third-order valence-electron chi connectivity index (χ3n) is 4.76. The fraction of sp³-hybridized carbons (Fsp3) is 0.562. The molecule has 0 spiro atoms. The van der Waals surface area contributed by atoms with Gasteiger partial charge in [-0.25, -0.2) is 4.79 Å². The SMILES string of the molecule is CNC1CCc2cccc(N3CCN(C(=O)O)CC3)c2C1. The summed E-state index contributed by atoms with van der Waals surface area (Å²) in [5.41, 5.74) is 4.21. The van der Waals surface area contributed by atoms with Gasteiger partial charge in [-0.3, -0.25) is 0 Å². The molecule has 1 aliphatic heterocycles. The molecule has 1 aromatic carbocycles. The van der Waals surface area contributed by atoms with Crippen molar-refractivity contribution in [2.24, 2.45) is 0 Å². The largest absolute Gasteiger partial charge is 0.465 e. The van der Waals surface area contributed by atoms with Crippen LogP contribution in [0, 0.1) is 0 Å². The van der Waals surface area contributed by atoms with Gasteiger partial charge in [0.15, 0.2) is 0 Å². The number of nitrogens with zero attached hydrogens (tertiary/aromatic N) is 2. The predicted octanol–water partition coefficient (Wildman–Crippen LogP) is 1.56. The molecular weight excluding hydrogens is 266 g/mol. The van der Waals surface area contributed by atoms with E-state index in [-0.39, 0.29) is 0 Å². The Kier molecular flexibility index (Phi) is 4.01. The topological polar surface area (TPSA) is 55.8 Å². The van der Waals surface area contributed by atoms with Crippen molar-refractivity contribution in [2.75, 3.05) is 38.1 Å². The lowest BCUT2D eigenvalue weighted by Gasteiger charge is -2.37. The predicted molar refractivity (Wildman–Crippen MR) is 83.1 cm³/mol. The van der Waals surface area contributed by atoms with Crippen LogP contribution in [-0.4, -0.2) is 55.4 Å². The Hall–Kier alpha value is -1.75. The molecule has 1 aromatic rings. The Morgan fingerprint density at radius 2 is 2.05 bits per heavy atom.